The third-order valence-corrected chi connectivity index (χ3v) is 7.15. The van der Waals surface area contributed by atoms with Crippen LogP contribution >= 0.6 is 0 Å². The van der Waals surface area contributed by atoms with E-state index in [-0.39, 0.29) is 11.9 Å². The third kappa shape index (κ3) is 3.02. The van der Waals surface area contributed by atoms with Gasteiger partial charge in [0.1, 0.15) is 5.82 Å². The number of sulfonamides is 1. The first kappa shape index (κ1) is 16.5. The lowest BCUT2D eigenvalue weighted by atomic mass is 9.98. The van der Waals surface area contributed by atoms with Gasteiger partial charge in [-0.25, -0.2) is 12.8 Å². The fourth-order valence-corrected chi connectivity index (χ4v) is 5.67. The molecule has 1 fully saturated rings. The maximum Gasteiger partial charge on any atom is 0.239 e. The summed E-state index contributed by atoms with van der Waals surface area (Å²) >= 11 is 0. The lowest BCUT2D eigenvalue weighted by Gasteiger charge is -2.27. The molecule has 1 unspecified atom stereocenters. The van der Waals surface area contributed by atoms with Crippen LogP contribution in [0.3, 0.4) is 0 Å². The minimum absolute atomic E-state index is 0.205. The molecule has 0 spiro atoms. The molecule has 0 radical (unpaired) electrons. The van der Waals surface area contributed by atoms with Crippen LogP contribution < -0.4 is 0 Å². The molecular weight excluding hydrogens is 337 g/mol. The van der Waals surface area contributed by atoms with Crippen molar-refractivity contribution in [3.63, 3.8) is 0 Å². The van der Waals surface area contributed by atoms with Crippen molar-refractivity contribution in [1.29, 1.82) is 0 Å². The molecule has 0 aromatic heterocycles. The highest BCUT2D eigenvalue weighted by atomic mass is 32.2. The van der Waals surface area contributed by atoms with Gasteiger partial charge >= 0.3 is 0 Å². The number of rotatable bonds is 3. The van der Waals surface area contributed by atoms with Crippen LogP contribution in [0.5, 0.6) is 0 Å². The smallest absolute Gasteiger partial charge is 0.207 e. The number of fused-ring (bicyclic) bond motifs is 1. The molecule has 0 N–H and O–H groups in total. The highest BCUT2D eigenvalue weighted by Crippen LogP contribution is 2.38. The van der Waals surface area contributed by atoms with Gasteiger partial charge in [0, 0.05) is 6.54 Å². The van der Waals surface area contributed by atoms with Gasteiger partial charge in [-0.1, -0.05) is 36.4 Å². The molecule has 0 bridgehead atoms. The predicted molar refractivity (Wildman–Crippen MR) is 96.7 cm³/mol. The molecule has 0 saturated carbocycles. The summed E-state index contributed by atoms with van der Waals surface area (Å²) < 4.78 is 41.3. The molecule has 1 aliphatic carbocycles. The summed E-state index contributed by atoms with van der Waals surface area (Å²) in [6.45, 7) is 0.517. The summed E-state index contributed by atoms with van der Waals surface area (Å²) in [5.41, 5.74) is 3.04. The highest BCUT2D eigenvalue weighted by molar-refractivity contribution is 7.93. The van der Waals surface area contributed by atoms with Gasteiger partial charge in [-0.15, -0.1) is 0 Å². The van der Waals surface area contributed by atoms with Crippen LogP contribution in [0.1, 0.15) is 42.0 Å². The lowest BCUT2D eigenvalue weighted by molar-refractivity contribution is 0.400. The van der Waals surface area contributed by atoms with Crippen LogP contribution in [0, 0.1) is 5.82 Å². The second kappa shape index (κ2) is 6.39. The Hall–Kier alpha value is -1.98. The molecule has 3 nitrogen and oxygen atoms in total. The Morgan fingerprint density at radius 1 is 1.00 bits per heavy atom. The molecule has 1 aliphatic heterocycles. The SMILES string of the molecule is O=S(=O)(C1=Cc2ccccc2CC1)N1CCCC1c1ccc(F)cc1. The molecule has 2 aliphatic rings. The van der Waals surface area contributed by atoms with Crippen molar-refractivity contribution in [1.82, 2.24) is 4.31 Å². The maximum absolute atomic E-state index is 13.2. The molecule has 1 heterocycles. The molecule has 2 aromatic carbocycles. The van der Waals surface area contributed by atoms with Crippen LogP contribution in [0.15, 0.2) is 53.4 Å². The van der Waals surface area contributed by atoms with Gasteiger partial charge in [0.05, 0.1) is 10.9 Å². The average Bonchev–Trinajstić information content (AvgIpc) is 3.12. The summed E-state index contributed by atoms with van der Waals surface area (Å²) in [4.78, 5) is 0.486. The van der Waals surface area contributed by atoms with Gasteiger partial charge in [-0.05, 0) is 60.6 Å². The van der Waals surface area contributed by atoms with Crippen molar-refractivity contribution in [2.75, 3.05) is 6.54 Å². The van der Waals surface area contributed by atoms with Crippen molar-refractivity contribution >= 4 is 16.1 Å². The minimum Gasteiger partial charge on any atom is -0.207 e. The van der Waals surface area contributed by atoms with Crippen LogP contribution in [-0.4, -0.2) is 19.3 Å². The van der Waals surface area contributed by atoms with Gasteiger partial charge < -0.3 is 0 Å². The van der Waals surface area contributed by atoms with Gasteiger partial charge in [0.25, 0.3) is 0 Å². The molecule has 0 amide bonds. The zero-order valence-electron chi connectivity index (χ0n) is 13.9. The molecule has 5 heteroatoms. The number of halogens is 1. The van der Waals surface area contributed by atoms with Gasteiger partial charge in [0.15, 0.2) is 0 Å². The Balaban J connectivity index is 1.68. The normalized spacial score (nSPS) is 21.0. The standard InChI is InChI=1S/C20H20FNO2S/c21-18-10-7-16(8-11-18)20-6-3-13-22(20)25(23,24)19-12-9-15-4-1-2-5-17(15)14-19/h1-2,4-5,7-8,10-11,14,20H,3,6,9,12-13H2. The molecule has 2 aromatic rings. The van der Waals surface area contributed by atoms with Crippen LogP contribution in [0.4, 0.5) is 4.39 Å². The summed E-state index contributed by atoms with van der Waals surface area (Å²) in [6, 6.07) is 13.9. The monoisotopic (exact) mass is 357 g/mol. The Kier molecular flexibility index (Phi) is 4.21. The largest absolute Gasteiger partial charge is 0.239 e. The molecule has 4 rings (SSSR count). The molecule has 1 atom stereocenters. The molecule has 130 valence electrons. The van der Waals surface area contributed by atoms with Gasteiger partial charge in [-0.3, -0.25) is 0 Å². The number of aryl methyl sites for hydroxylation is 1. The molecular formula is C20H20FNO2S. The van der Waals surface area contributed by atoms with E-state index in [2.05, 4.69) is 0 Å². The number of hydrogen-bond donors (Lipinski definition) is 0. The Bertz CT molecular complexity index is 919. The van der Waals surface area contributed by atoms with Crippen molar-refractivity contribution in [3.8, 4) is 0 Å². The van der Waals surface area contributed by atoms with Crippen molar-refractivity contribution in [2.24, 2.45) is 0 Å². The molecule has 25 heavy (non-hydrogen) atoms. The van der Waals surface area contributed by atoms with Crippen molar-refractivity contribution in [2.45, 2.75) is 31.7 Å². The van der Waals surface area contributed by atoms with Crippen LogP contribution in [0.2, 0.25) is 0 Å². The fraction of sp³-hybridized carbons (Fsp3) is 0.300. The van der Waals surface area contributed by atoms with Gasteiger partial charge in [0.2, 0.25) is 10.0 Å². The van der Waals surface area contributed by atoms with E-state index in [9.17, 15) is 12.8 Å². The van der Waals surface area contributed by atoms with Crippen LogP contribution in [0.25, 0.3) is 6.08 Å². The maximum atomic E-state index is 13.2. The number of nitrogens with zero attached hydrogens (tertiary/aromatic N) is 1. The average molecular weight is 357 g/mol. The highest BCUT2D eigenvalue weighted by Gasteiger charge is 2.37. The second-order valence-electron chi connectivity index (χ2n) is 6.63. The summed E-state index contributed by atoms with van der Waals surface area (Å²) in [7, 11) is -3.51. The zero-order valence-corrected chi connectivity index (χ0v) is 14.7. The van der Waals surface area contributed by atoms with Crippen LogP contribution in [-0.2, 0) is 16.4 Å². The first-order valence-electron chi connectivity index (χ1n) is 8.61. The zero-order chi connectivity index (χ0) is 17.4. The van der Waals surface area contributed by atoms with Gasteiger partial charge in [-0.2, -0.15) is 4.31 Å². The predicted octanol–water partition coefficient (Wildman–Crippen LogP) is 4.28. The van der Waals surface area contributed by atoms with E-state index in [1.165, 1.54) is 17.7 Å². The van der Waals surface area contributed by atoms with E-state index in [4.69, 9.17) is 0 Å². The number of hydrogen-bond acceptors (Lipinski definition) is 2. The third-order valence-electron chi connectivity index (χ3n) is 5.11. The Morgan fingerprint density at radius 3 is 2.56 bits per heavy atom. The van der Waals surface area contributed by atoms with E-state index in [1.807, 2.05) is 30.3 Å². The lowest BCUT2D eigenvalue weighted by Crippen LogP contribution is -2.32. The molecule has 1 saturated heterocycles. The van der Waals surface area contributed by atoms with E-state index >= 15 is 0 Å². The van der Waals surface area contributed by atoms with E-state index in [0.29, 0.717) is 17.9 Å². The van der Waals surface area contributed by atoms with Crippen molar-refractivity contribution in [3.05, 3.63) is 75.9 Å². The number of allylic oxidation sites excluding steroid dienone is 1. The fourth-order valence-electron chi connectivity index (χ4n) is 3.81. The second-order valence-corrected chi connectivity index (χ2v) is 8.58. The first-order chi connectivity index (χ1) is 12.1. The van der Waals surface area contributed by atoms with E-state index < -0.39 is 10.0 Å². The van der Waals surface area contributed by atoms with E-state index in [1.54, 1.807) is 16.4 Å². The Morgan fingerprint density at radius 2 is 1.76 bits per heavy atom. The first-order valence-corrected chi connectivity index (χ1v) is 10.1. The summed E-state index contributed by atoms with van der Waals surface area (Å²) in [5.74, 6) is -0.303. The minimum atomic E-state index is -3.51. The Labute approximate surface area is 147 Å². The number of benzene rings is 2. The topological polar surface area (TPSA) is 37.4 Å². The summed E-state index contributed by atoms with van der Waals surface area (Å²) in [5, 5.41) is 0. The van der Waals surface area contributed by atoms with E-state index in [0.717, 1.165) is 30.4 Å². The van der Waals surface area contributed by atoms with Crippen molar-refractivity contribution < 1.29 is 12.8 Å². The quantitative estimate of drug-likeness (QED) is 0.822. The summed E-state index contributed by atoms with van der Waals surface area (Å²) in [6.07, 6.45) is 4.69.